The van der Waals surface area contributed by atoms with Crippen molar-refractivity contribution in [3.05, 3.63) is 11.8 Å². The molecule has 74 valence electrons. The molecule has 0 aromatic heterocycles. The average molecular weight is 184 g/mol. The Morgan fingerprint density at radius 1 is 1.69 bits per heavy atom. The molecule has 0 bridgehead atoms. The number of likely N-dealkylation sites (N-methyl/N-ethyl adjacent to an activating group) is 1. The van der Waals surface area contributed by atoms with Crippen LogP contribution in [0, 0.1) is 0 Å². The Hall–Kier alpha value is -0.870. The van der Waals surface area contributed by atoms with Gasteiger partial charge in [0, 0.05) is 19.2 Å². The summed E-state index contributed by atoms with van der Waals surface area (Å²) in [6.45, 7) is 3.61. The van der Waals surface area contributed by atoms with Crippen LogP contribution in [0.3, 0.4) is 0 Å². The first kappa shape index (κ1) is 10.2. The highest BCUT2D eigenvalue weighted by Gasteiger charge is 2.26. The topological polar surface area (TPSA) is 52.6 Å². The molecule has 1 heterocycles. The van der Waals surface area contributed by atoms with Gasteiger partial charge in [0.05, 0.1) is 6.04 Å². The quantitative estimate of drug-likeness (QED) is 0.559. The first-order valence-corrected chi connectivity index (χ1v) is 4.43. The monoisotopic (exact) mass is 184 g/mol. The van der Waals surface area contributed by atoms with E-state index < -0.39 is 6.23 Å². The third-order valence-corrected chi connectivity index (χ3v) is 2.31. The lowest BCUT2D eigenvalue weighted by molar-refractivity contribution is -0.129. The number of hydrogen-bond acceptors (Lipinski definition) is 3. The molecule has 1 fully saturated rings. The molecule has 0 aliphatic carbocycles. The maximum atomic E-state index is 11.6. The second kappa shape index (κ2) is 3.89. The van der Waals surface area contributed by atoms with Crippen LogP contribution in [-0.4, -0.2) is 35.2 Å². The average Bonchev–Trinajstić information content (AvgIpc) is 2.18. The molecule has 2 N–H and O–H groups in total. The van der Waals surface area contributed by atoms with Gasteiger partial charge in [-0.05, 0) is 13.8 Å². The molecule has 0 radical (unpaired) electrons. The van der Waals surface area contributed by atoms with Gasteiger partial charge in [0.1, 0.15) is 6.23 Å². The Kier molecular flexibility index (Phi) is 3.06. The van der Waals surface area contributed by atoms with Gasteiger partial charge in [-0.25, -0.2) is 0 Å². The maximum Gasteiger partial charge on any atom is 0.243 e. The number of aliphatic hydroxyl groups is 1. The number of aliphatic hydroxyl groups excluding tert-OH is 1. The molecule has 1 rings (SSSR count). The Morgan fingerprint density at radius 2 is 2.31 bits per heavy atom. The summed E-state index contributed by atoms with van der Waals surface area (Å²) in [6, 6.07) is -0.322. The van der Waals surface area contributed by atoms with Gasteiger partial charge in [-0.15, -0.1) is 0 Å². The zero-order valence-electron chi connectivity index (χ0n) is 8.24. The highest BCUT2D eigenvalue weighted by molar-refractivity contribution is 5.83. The molecule has 4 heteroatoms. The van der Waals surface area contributed by atoms with Gasteiger partial charge in [0.25, 0.3) is 0 Å². The Bertz CT molecular complexity index is 238. The standard InChI is InChI=1S/C9H16N2O2/c1-4-7-5-8(12)10-6(2)9(13)11(7)3/h4,6,8,10,12H,5H2,1-3H3/b7-4+/t6-,8?/m0/s1. The van der Waals surface area contributed by atoms with Crippen LogP contribution in [0.1, 0.15) is 20.3 Å². The van der Waals surface area contributed by atoms with Crippen LogP contribution >= 0.6 is 0 Å². The summed E-state index contributed by atoms with van der Waals surface area (Å²) in [5, 5.41) is 12.3. The lowest BCUT2D eigenvalue weighted by Crippen LogP contribution is -2.42. The van der Waals surface area contributed by atoms with Gasteiger partial charge in [-0.1, -0.05) is 6.08 Å². The summed E-state index contributed by atoms with van der Waals surface area (Å²) in [5.74, 6) is -0.00958. The molecule has 1 aliphatic heterocycles. The fourth-order valence-corrected chi connectivity index (χ4v) is 1.50. The Morgan fingerprint density at radius 3 is 2.85 bits per heavy atom. The zero-order valence-corrected chi connectivity index (χ0v) is 8.24. The van der Waals surface area contributed by atoms with Crippen molar-refractivity contribution in [3.8, 4) is 0 Å². The SMILES string of the molecule is C/C=C1\CC(O)N[C@@H](C)C(=O)N1C. The Labute approximate surface area is 78.2 Å². The fraction of sp³-hybridized carbons (Fsp3) is 0.667. The zero-order chi connectivity index (χ0) is 10.0. The first-order valence-electron chi connectivity index (χ1n) is 4.43. The summed E-state index contributed by atoms with van der Waals surface area (Å²) >= 11 is 0. The molecule has 1 unspecified atom stereocenters. The van der Waals surface area contributed by atoms with Crippen molar-refractivity contribution in [1.29, 1.82) is 0 Å². The van der Waals surface area contributed by atoms with E-state index in [1.54, 1.807) is 18.9 Å². The van der Waals surface area contributed by atoms with E-state index in [4.69, 9.17) is 0 Å². The second-order valence-corrected chi connectivity index (χ2v) is 3.29. The van der Waals surface area contributed by atoms with Gasteiger partial charge < -0.3 is 10.0 Å². The van der Waals surface area contributed by atoms with Crippen molar-refractivity contribution in [2.24, 2.45) is 0 Å². The number of rotatable bonds is 0. The van der Waals surface area contributed by atoms with Gasteiger partial charge >= 0.3 is 0 Å². The van der Waals surface area contributed by atoms with Crippen LogP contribution in [-0.2, 0) is 4.79 Å². The van der Waals surface area contributed by atoms with Crippen molar-refractivity contribution in [3.63, 3.8) is 0 Å². The summed E-state index contributed by atoms with van der Waals surface area (Å²) < 4.78 is 0. The van der Waals surface area contributed by atoms with Crippen molar-refractivity contribution in [2.45, 2.75) is 32.5 Å². The van der Waals surface area contributed by atoms with E-state index in [9.17, 15) is 9.90 Å². The predicted octanol–water partition coefficient (Wildman–Crippen LogP) is 0.0488. The van der Waals surface area contributed by atoms with E-state index in [1.165, 1.54) is 0 Å². The number of allylic oxidation sites excluding steroid dienone is 1. The van der Waals surface area contributed by atoms with Crippen LogP contribution < -0.4 is 5.32 Å². The third-order valence-electron chi connectivity index (χ3n) is 2.31. The van der Waals surface area contributed by atoms with Gasteiger partial charge in [0.2, 0.25) is 5.91 Å². The van der Waals surface area contributed by atoms with Gasteiger partial charge in [-0.2, -0.15) is 0 Å². The van der Waals surface area contributed by atoms with Crippen LogP contribution in [0.15, 0.2) is 11.8 Å². The summed E-state index contributed by atoms with van der Waals surface area (Å²) in [6.07, 6.45) is 1.69. The molecule has 0 spiro atoms. The van der Waals surface area contributed by atoms with E-state index in [1.807, 2.05) is 13.0 Å². The van der Waals surface area contributed by atoms with Crippen molar-refractivity contribution >= 4 is 5.91 Å². The number of hydrogen-bond donors (Lipinski definition) is 2. The number of carbonyl (C=O) groups excluding carboxylic acids is 1. The number of nitrogens with one attached hydrogen (secondary N) is 1. The second-order valence-electron chi connectivity index (χ2n) is 3.29. The maximum absolute atomic E-state index is 11.6. The van der Waals surface area contributed by atoms with E-state index in [0.29, 0.717) is 6.42 Å². The smallest absolute Gasteiger partial charge is 0.243 e. The predicted molar refractivity (Wildman–Crippen MR) is 49.7 cm³/mol. The lowest BCUT2D eigenvalue weighted by atomic mass is 10.2. The van der Waals surface area contributed by atoms with E-state index in [-0.39, 0.29) is 11.9 Å². The van der Waals surface area contributed by atoms with Crippen LogP contribution in [0.25, 0.3) is 0 Å². The molecule has 0 aromatic rings. The molecule has 0 aromatic carbocycles. The lowest BCUT2D eigenvalue weighted by Gasteiger charge is -2.18. The molecule has 1 saturated heterocycles. The van der Waals surface area contributed by atoms with Crippen LogP contribution in [0.2, 0.25) is 0 Å². The third kappa shape index (κ3) is 2.08. The van der Waals surface area contributed by atoms with Gasteiger partial charge in [-0.3, -0.25) is 10.1 Å². The number of nitrogens with zero attached hydrogens (tertiary/aromatic N) is 1. The molecule has 4 nitrogen and oxygen atoms in total. The molecular formula is C9H16N2O2. The first-order chi connectivity index (χ1) is 6.06. The minimum atomic E-state index is -0.630. The molecule has 0 saturated carbocycles. The molecule has 1 aliphatic rings. The summed E-state index contributed by atoms with van der Waals surface area (Å²) in [4.78, 5) is 13.2. The van der Waals surface area contributed by atoms with E-state index in [0.717, 1.165) is 5.70 Å². The summed E-state index contributed by atoms with van der Waals surface area (Å²) in [5.41, 5.74) is 0.856. The number of amides is 1. The minimum absolute atomic E-state index is 0.00958. The van der Waals surface area contributed by atoms with Crippen LogP contribution in [0.4, 0.5) is 0 Å². The highest BCUT2D eigenvalue weighted by Crippen LogP contribution is 2.14. The fourth-order valence-electron chi connectivity index (χ4n) is 1.50. The van der Waals surface area contributed by atoms with Crippen molar-refractivity contribution in [1.82, 2.24) is 10.2 Å². The van der Waals surface area contributed by atoms with Gasteiger partial charge in [0.15, 0.2) is 0 Å². The Balaban J connectivity index is 2.88. The highest BCUT2D eigenvalue weighted by atomic mass is 16.3. The van der Waals surface area contributed by atoms with Crippen molar-refractivity contribution < 1.29 is 9.90 Å². The largest absolute Gasteiger partial charge is 0.378 e. The molecule has 2 atom stereocenters. The minimum Gasteiger partial charge on any atom is -0.378 e. The number of carbonyl (C=O) groups is 1. The molecular weight excluding hydrogens is 168 g/mol. The van der Waals surface area contributed by atoms with E-state index >= 15 is 0 Å². The van der Waals surface area contributed by atoms with Crippen molar-refractivity contribution in [2.75, 3.05) is 7.05 Å². The van der Waals surface area contributed by atoms with E-state index in [2.05, 4.69) is 5.32 Å². The molecule has 13 heavy (non-hydrogen) atoms. The normalized spacial score (nSPS) is 33.7. The van der Waals surface area contributed by atoms with Crippen LogP contribution in [0.5, 0.6) is 0 Å². The molecule has 1 amide bonds. The summed E-state index contributed by atoms with van der Waals surface area (Å²) in [7, 11) is 1.73.